The van der Waals surface area contributed by atoms with Crippen LogP contribution in [0.3, 0.4) is 0 Å². The van der Waals surface area contributed by atoms with E-state index in [0.29, 0.717) is 6.67 Å². The highest BCUT2D eigenvalue weighted by Crippen LogP contribution is 2.07. The third-order valence-corrected chi connectivity index (χ3v) is 2.95. The Hall–Kier alpha value is -1.06. The highest BCUT2D eigenvalue weighted by molar-refractivity contribution is 5.94. The first kappa shape index (κ1) is 14.0. The molecule has 1 amide bonds. The average Bonchev–Trinajstić information content (AvgIpc) is 2.38. The Balaban J connectivity index is 0.00000144. The summed E-state index contributed by atoms with van der Waals surface area (Å²) in [6.45, 7) is 2.89. The molecule has 0 unspecified atom stereocenters. The predicted molar refractivity (Wildman–Crippen MR) is 71.4 cm³/mol. The van der Waals surface area contributed by atoms with E-state index in [9.17, 15) is 4.79 Å². The van der Waals surface area contributed by atoms with Gasteiger partial charge in [-0.25, -0.2) is 0 Å². The quantitative estimate of drug-likeness (QED) is 0.898. The van der Waals surface area contributed by atoms with Crippen LogP contribution in [0.25, 0.3) is 0 Å². The fourth-order valence-electron chi connectivity index (χ4n) is 1.99. The third kappa shape index (κ3) is 4.36. The fraction of sp³-hybridized carbons (Fsp3) is 0.462. The number of carbonyl (C=O) groups is 1. The monoisotopic (exact) mass is 254 g/mol. The van der Waals surface area contributed by atoms with Crippen molar-refractivity contribution in [2.75, 3.05) is 19.8 Å². The van der Waals surface area contributed by atoms with Crippen molar-refractivity contribution in [3.8, 4) is 0 Å². The van der Waals surface area contributed by atoms with Crippen LogP contribution in [0.1, 0.15) is 29.6 Å². The second-order valence-electron chi connectivity index (χ2n) is 4.21. The lowest BCUT2D eigenvalue weighted by atomic mass is 10.1. The van der Waals surface area contributed by atoms with Gasteiger partial charge < -0.3 is 5.32 Å². The van der Waals surface area contributed by atoms with E-state index in [1.807, 2.05) is 30.3 Å². The Kier molecular flexibility index (Phi) is 6.01. The lowest BCUT2D eigenvalue weighted by Crippen LogP contribution is -2.40. The number of hydrogen-bond donors (Lipinski definition) is 1. The Morgan fingerprint density at radius 3 is 2.41 bits per heavy atom. The number of nitrogens with one attached hydrogen (secondary N) is 1. The van der Waals surface area contributed by atoms with Gasteiger partial charge in [-0.1, -0.05) is 24.6 Å². The number of benzene rings is 1. The molecule has 1 fully saturated rings. The summed E-state index contributed by atoms with van der Waals surface area (Å²) in [4.78, 5) is 14.0. The third-order valence-electron chi connectivity index (χ3n) is 2.95. The first-order valence-corrected chi connectivity index (χ1v) is 5.92. The van der Waals surface area contributed by atoms with E-state index in [0.717, 1.165) is 18.7 Å². The van der Waals surface area contributed by atoms with Crippen LogP contribution in [0, 0.1) is 0 Å². The van der Waals surface area contributed by atoms with Gasteiger partial charge in [-0.15, -0.1) is 12.4 Å². The van der Waals surface area contributed by atoms with Crippen LogP contribution in [-0.2, 0) is 0 Å². The minimum absolute atomic E-state index is 0. The Labute approximate surface area is 109 Å². The molecule has 4 heteroatoms. The SMILES string of the molecule is Cl.O=C(NCN1CCCCC1)c1ccccc1. The molecule has 0 aliphatic carbocycles. The van der Waals surface area contributed by atoms with Gasteiger partial charge >= 0.3 is 0 Å². The molecule has 0 saturated carbocycles. The summed E-state index contributed by atoms with van der Waals surface area (Å²) >= 11 is 0. The number of likely N-dealkylation sites (tertiary alicyclic amines) is 1. The summed E-state index contributed by atoms with van der Waals surface area (Å²) < 4.78 is 0. The molecule has 94 valence electrons. The zero-order valence-corrected chi connectivity index (χ0v) is 10.7. The van der Waals surface area contributed by atoms with Gasteiger partial charge in [0.2, 0.25) is 0 Å². The summed E-state index contributed by atoms with van der Waals surface area (Å²) in [6.07, 6.45) is 3.82. The van der Waals surface area contributed by atoms with Crippen molar-refractivity contribution in [1.29, 1.82) is 0 Å². The van der Waals surface area contributed by atoms with Gasteiger partial charge in [-0.3, -0.25) is 9.69 Å². The minimum atomic E-state index is 0. The maximum Gasteiger partial charge on any atom is 0.252 e. The number of halogens is 1. The van der Waals surface area contributed by atoms with Gasteiger partial charge in [-0.05, 0) is 38.1 Å². The van der Waals surface area contributed by atoms with Crippen LogP contribution in [0.5, 0.6) is 0 Å². The standard InChI is InChI=1S/C13H18N2O.ClH/c16-13(12-7-3-1-4-8-12)14-11-15-9-5-2-6-10-15;/h1,3-4,7-8H,2,5-6,9-11H2,(H,14,16);1H. The molecular weight excluding hydrogens is 236 g/mol. The van der Waals surface area contributed by atoms with E-state index >= 15 is 0 Å². The summed E-state index contributed by atoms with van der Waals surface area (Å²) in [5.74, 6) is 0.0196. The lowest BCUT2D eigenvalue weighted by molar-refractivity contribution is 0.0914. The lowest BCUT2D eigenvalue weighted by Gasteiger charge is -2.26. The van der Waals surface area contributed by atoms with E-state index < -0.39 is 0 Å². The molecule has 2 rings (SSSR count). The van der Waals surface area contributed by atoms with Crippen molar-refractivity contribution in [2.45, 2.75) is 19.3 Å². The van der Waals surface area contributed by atoms with Crippen LogP contribution in [0.4, 0.5) is 0 Å². The van der Waals surface area contributed by atoms with E-state index in [4.69, 9.17) is 0 Å². The highest BCUT2D eigenvalue weighted by atomic mass is 35.5. The molecule has 1 aromatic carbocycles. The van der Waals surface area contributed by atoms with Crippen molar-refractivity contribution < 1.29 is 4.79 Å². The minimum Gasteiger partial charge on any atom is -0.339 e. The molecule has 1 N–H and O–H groups in total. The Bertz CT molecular complexity index is 337. The van der Waals surface area contributed by atoms with Crippen molar-refractivity contribution in [3.63, 3.8) is 0 Å². The second-order valence-corrected chi connectivity index (χ2v) is 4.21. The molecule has 3 nitrogen and oxygen atoms in total. The van der Waals surface area contributed by atoms with Crippen LogP contribution >= 0.6 is 12.4 Å². The van der Waals surface area contributed by atoms with Crippen LogP contribution in [0.2, 0.25) is 0 Å². The number of nitrogens with zero attached hydrogens (tertiary/aromatic N) is 1. The zero-order valence-electron chi connectivity index (χ0n) is 9.89. The average molecular weight is 255 g/mol. The van der Waals surface area contributed by atoms with Gasteiger partial charge in [0.1, 0.15) is 0 Å². The summed E-state index contributed by atoms with van der Waals surface area (Å²) in [6, 6.07) is 9.37. The van der Waals surface area contributed by atoms with Crippen molar-refractivity contribution >= 4 is 18.3 Å². The number of hydrogen-bond acceptors (Lipinski definition) is 2. The molecular formula is C13H19ClN2O. The van der Waals surface area contributed by atoms with E-state index in [1.165, 1.54) is 19.3 Å². The molecule has 0 atom stereocenters. The largest absolute Gasteiger partial charge is 0.339 e. The van der Waals surface area contributed by atoms with Crippen LogP contribution < -0.4 is 5.32 Å². The van der Waals surface area contributed by atoms with Gasteiger partial charge in [0.25, 0.3) is 5.91 Å². The number of rotatable bonds is 3. The molecule has 0 bridgehead atoms. The van der Waals surface area contributed by atoms with Crippen LogP contribution in [-0.4, -0.2) is 30.6 Å². The Morgan fingerprint density at radius 2 is 1.76 bits per heavy atom. The second kappa shape index (κ2) is 7.30. The molecule has 1 aromatic rings. The molecule has 0 radical (unpaired) electrons. The number of amides is 1. The number of piperidine rings is 1. The van der Waals surface area contributed by atoms with Gasteiger partial charge in [0.05, 0.1) is 6.67 Å². The summed E-state index contributed by atoms with van der Waals surface area (Å²) in [5.41, 5.74) is 0.736. The van der Waals surface area contributed by atoms with Crippen LogP contribution in [0.15, 0.2) is 30.3 Å². The first-order valence-electron chi connectivity index (χ1n) is 5.92. The molecule has 1 heterocycles. The molecule has 1 saturated heterocycles. The van der Waals surface area contributed by atoms with E-state index in [1.54, 1.807) is 0 Å². The smallest absolute Gasteiger partial charge is 0.252 e. The molecule has 1 aliphatic rings. The molecule has 17 heavy (non-hydrogen) atoms. The molecule has 1 aliphatic heterocycles. The summed E-state index contributed by atoms with van der Waals surface area (Å²) in [7, 11) is 0. The highest BCUT2D eigenvalue weighted by Gasteiger charge is 2.11. The fourth-order valence-corrected chi connectivity index (χ4v) is 1.99. The maximum atomic E-state index is 11.7. The van der Waals surface area contributed by atoms with E-state index in [2.05, 4.69) is 10.2 Å². The Morgan fingerprint density at radius 1 is 1.12 bits per heavy atom. The van der Waals surface area contributed by atoms with Gasteiger partial charge in [0, 0.05) is 5.56 Å². The zero-order chi connectivity index (χ0) is 11.2. The maximum absolute atomic E-state index is 11.7. The first-order chi connectivity index (χ1) is 7.86. The summed E-state index contributed by atoms with van der Waals surface area (Å²) in [5, 5.41) is 2.96. The van der Waals surface area contributed by atoms with Crippen molar-refractivity contribution in [1.82, 2.24) is 10.2 Å². The normalized spacial score (nSPS) is 16.0. The van der Waals surface area contributed by atoms with Gasteiger partial charge in [-0.2, -0.15) is 0 Å². The van der Waals surface area contributed by atoms with Gasteiger partial charge in [0.15, 0.2) is 0 Å². The van der Waals surface area contributed by atoms with Crippen molar-refractivity contribution in [3.05, 3.63) is 35.9 Å². The van der Waals surface area contributed by atoms with E-state index in [-0.39, 0.29) is 18.3 Å². The molecule has 0 aromatic heterocycles. The molecule has 0 spiro atoms. The topological polar surface area (TPSA) is 32.3 Å². The number of carbonyl (C=O) groups excluding carboxylic acids is 1. The predicted octanol–water partition coefficient (Wildman–Crippen LogP) is 2.28. The van der Waals surface area contributed by atoms with Crippen molar-refractivity contribution in [2.24, 2.45) is 0 Å².